The highest BCUT2D eigenvalue weighted by molar-refractivity contribution is 5.53. The first-order valence-electron chi connectivity index (χ1n) is 9.37. The summed E-state index contributed by atoms with van der Waals surface area (Å²) in [7, 11) is 2.16. The van der Waals surface area contributed by atoms with E-state index in [-0.39, 0.29) is 6.10 Å². The highest BCUT2D eigenvalue weighted by atomic mass is 16.5. The second-order valence-electron chi connectivity index (χ2n) is 7.10. The molecule has 2 aromatic rings. The van der Waals surface area contributed by atoms with Crippen molar-refractivity contribution in [3.8, 4) is 0 Å². The van der Waals surface area contributed by atoms with Crippen LogP contribution in [0, 0.1) is 0 Å². The Kier molecular flexibility index (Phi) is 5.48. The molecular weight excluding hydrogens is 330 g/mol. The number of aromatic amines is 1. The molecule has 3 heterocycles. The Balaban J connectivity index is 1.41. The second-order valence-corrected chi connectivity index (χ2v) is 7.10. The lowest BCUT2D eigenvalue weighted by Gasteiger charge is -2.32. The van der Waals surface area contributed by atoms with E-state index in [1.165, 1.54) is 11.3 Å². The molecule has 2 saturated heterocycles. The summed E-state index contributed by atoms with van der Waals surface area (Å²) in [5, 5.41) is 7.00. The van der Waals surface area contributed by atoms with Crippen molar-refractivity contribution in [2.45, 2.75) is 25.0 Å². The van der Waals surface area contributed by atoms with E-state index in [0.29, 0.717) is 5.92 Å². The monoisotopic (exact) mass is 357 g/mol. The van der Waals surface area contributed by atoms with Gasteiger partial charge >= 0.3 is 0 Å². The zero-order valence-electron chi connectivity index (χ0n) is 15.3. The van der Waals surface area contributed by atoms with Gasteiger partial charge in [-0.05, 0) is 25.1 Å². The van der Waals surface area contributed by atoms with Crippen molar-refractivity contribution in [2.75, 3.05) is 51.4 Å². The first-order chi connectivity index (χ1) is 12.8. The van der Waals surface area contributed by atoms with Crippen molar-refractivity contribution >= 4 is 5.69 Å². The topological polar surface area (TPSA) is 66.5 Å². The molecule has 1 aromatic carbocycles. The zero-order valence-corrected chi connectivity index (χ0v) is 15.3. The van der Waals surface area contributed by atoms with E-state index in [9.17, 15) is 0 Å². The van der Waals surface area contributed by atoms with E-state index < -0.39 is 0 Å². The maximum absolute atomic E-state index is 5.99. The standard InChI is InChI=1S/C19H27N5O2/c1-23(13-18-16(6-9-26-18)19-20-14-21-22-19)12-15-4-2-3-5-17(15)24-7-10-25-11-8-24/h2-5,14,16,18H,6-13H2,1H3,(H,20,21,22)/t16-,18-/m1/s1. The Morgan fingerprint density at radius 2 is 2.08 bits per heavy atom. The van der Waals surface area contributed by atoms with Gasteiger partial charge < -0.3 is 14.4 Å². The van der Waals surface area contributed by atoms with Crippen LogP contribution in [0.15, 0.2) is 30.6 Å². The molecule has 0 spiro atoms. The van der Waals surface area contributed by atoms with Crippen LogP contribution in [0.1, 0.15) is 23.7 Å². The van der Waals surface area contributed by atoms with E-state index in [1.807, 2.05) is 0 Å². The first-order valence-corrected chi connectivity index (χ1v) is 9.37. The van der Waals surface area contributed by atoms with Gasteiger partial charge in [0.25, 0.3) is 0 Å². The molecule has 0 amide bonds. The third kappa shape index (κ3) is 3.90. The molecule has 7 nitrogen and oxygen atoms in total. The van der Waals surface area contributed by atoms with E-state index in [2.05, 4.69) is 56.3 Å². The molecule has 1 N–H and O–H groups in total. The Morgan fingerprint density at radius 3 is 2.88 bits per heavy atom. The SMILES string of the molecule is CN(Cc1ccccc1N1CCOCC1)C[C@H]1OCC[C@H]1c1ncn[nH]1. The summed E-state index contributed by atoms with van der Waals surface area (Å²) in [6.45, 7) is 6.09. The minimum atomic E-state index is 0.156. The highest BCUT2D eigenvalue weighted by Crippen LogP contribution is 2.30. The number of hydrogen-bond acceptors (Lipinski definition) is 6. The normalized spacial score (nSPS) is 23.7. The van der Waals surface area contributed by atoms with Gasteiger partial charge in [-0.15, -0.1) is 0 Å². The predicted octanol–water partition coefficient (Wildman–Crippen LogP) is 1.65. The number of nitrogens with one attached hydrogen (secondary N) is 1. The van der Waals surface area contributed by atoms with Crippen LogP contribution >= 0.6 is 0 Å². The smallest absolute Gasteiger partial charge is 0.137 e. The molecule has 1 aromatic heterocycles. The van der Waals surface area contributed by atoms with Gasteiger partial charge in [-0.2, -0.15) is 5.10 Å². The number of benzene rings is 1. The largest absolute Gasteiger partial charge is 0.378 e. The molecule has 0 bridgehead atoms. The second kappa shape index (κ2) is 8.16. The van der Waals surface area contributed by atoms with Crippen LogP contribution in [0.2, 0.25) is 0 Å². The molecule has 0 radical (unpaired) electrons. The number of ether oxygens (including phenoxy) is 2. The molecule has 26 heavy (non-hydrogen) atoms. The van der Waals surface area contributed by atoms with Crippen molar-refractivity contribution in [2.24, 2.45) is 0 Å². The predicted molar refractivity (Wildman–Crippen MR) is 99.3 cm³/mol. The molecule has 7 heteroatoms. The van der Waals surface area contributed by atoms with Gasteiger partial charge in [0.1, 0.15) is 12.2 Å². The summed E-state index contributed by atoms with van der Waals surface area (Å²) in [6.07, 6.45) is 2.73. The number of hydrogen-bond donors (Lipinski definition) is 1. The number of likely N-dealkylation sites (N-methyl/N-ethyl adjacent to an activating group) is 1. The fraction of sp³-hybridized carbons (Fsp3) is 0.579. The van der Waals surface area contributed by atoms with Crippen LogP contribution in [0.25, 0.3) is 0 Å². The summed E-state index contributed by atoms with van der Waals surface area (Å²) in [6, 6.07) is 8.69. The van der Waals surface area contributed by atoms with Gasteiger partial charge in [0, 0.05) is 44.4 Å². The van der Waals surface area contributed by atoms with Gasteiger partial charge in [0.15, 0.2) is 0 Å². The van der Waals surface area contributed by atoms with Gasteiger partial charge in [-0.1, -0.05) is 18.2 Å². The fourth-order valence-electron chi connectivity index (χ4n) is 3.95. The van der Waals surface area contributed by atoms with E-state index in [4.69, 9.17) is 9.47 Å². The average molecular weight is 357 g/mol. The van der Waals surface area contributed by atoms with Crippen molar-refractivity contribution in [1.29, 1.82) is 0 Å². The summed E-state index contributed by atoms with van der Waals surface area (Å²) in [5.74, 6) is 1.24. The molecule has 140 valence electrons. The van der Waals surface area contributed by atoms with Gasteiger partial charge in [0.2, 0.25) is 0 Å². The van der Waals surface area contributed by atoms with Crippen LogP contribution < -0.4 is 4.90 Å². The Hall–Kier alpha value is -1.96. The Bertz CT molecular complexity index is 687. The number of nitrogens with zero attached hydrogens (tertiary/aromatic N) is 4. The maximum atomic E-state index is 5.99. The lowest BCUT2D eigenvalue weighted by atomic mass is 10.00. The molecular formula is C19H27N5O2. The van der Waals surface area contributed by atoms with Crippen molar-refractivity contribution in [3.63, 3.8) is 0 Å². The highest BCUT2D eigenvalue weighted by Gasteiger charge is 2.32. The molecule has 0 aliphatic carbocycles. The van der Waals surface area contributed by atoms with Crippen molar-refractivity contribution in [1.82, 2.24) is 20.1 Å². The van der Waals surface area contributed by atoms with Crippen LogP contribution in [0.4, 0.5) is 5.69 Å². The minimum absolute atomic E-state index is 0.156. The lowest BCUT2D eigenvalue weighted by Crippen LogP contribution is -2.37. The average Bonchev–Trinajstić information content (AvgIpc) is 3.34. The van der Waals surface area contributed by atoms with Crippen LogP contribution in [-0.2, 0) is 16.0 Å². The van der Waals surface area contributed by atoms with Crippen LogP contribution in [-0.4, -0.2) is 72.7 Å². The summed E-state index contributed by atoms with van der Waals surface area (Å²) in [5.41, 5.74) is 2.67. The van der Waals surface area contributed by atoms with Crippen molar-refractivity contribution in [3.05, 3.63) is 42.0 Å². The maximum Gasteiger partial charge on any atom is 0.137 e. The molecule has 0 unspecified atom stereocenters. The quantitative estimate of drug-likeness (QED) is 0.848. The number of anilines is 1. The zero-order chi connectivity index (χ0) is 17.8. The van der Waals surface area contributed by atoms with E-state index >= 15 is 0 Å². The summed E-state index contributed by atoms with van der Waals surface area (Å²) in [4.78, 5) is 9.10. The number of morpholine rings is 1. The molecule has 2 aliphatic rings. The summed E-state index contributed by atoms with van der Waals surface area (Å²) < 4.78 is 11.5. The molecule has 2 atom stereocenters. The fourth-order valence-corrected chi connectivity index (χ4v) is 3.95. The molecule has 4 rings (SSSR count). The lowest BCUT2D eigenvalue weighted by molar-refractivity contribution is 0.0711. The van der Waals surface area contributed by atoms with E-state index in [1.54, 1.807) is 6.33 Å². The van der Waals surface area contributed by atoms with Gasteiger partial charge in [-0.25, -0.2) is 4.98 Å². The van der Waals surface area contributed by atoms with E-state index in [0.717, 1.165) is 58.2 Å². The first kappa shape index (κ1) is 17.5. The number of rotatable bonds is 6. The molecule has 2 fully saturated rings. The minimum Gasteiger partial charge on any atom is -0.378 e. The number of H-pyrrole nitrogens is 1. The summed E-state index contributed by atoms with van der Waals surface area (Å²) >= 11 is 0. The number of para-hydroxylation sites is 1. The molecule has 2 aliphatic heterocycles. The molecule has 0 saturated carbocycles. The Morgan fingerprint density at radius 1 is 1.23 bits per heavy atom. The van der Waals surface area contributed by atoms with Gasteiger partial charge in [-0.3, -0.25) is 10.00 Å². The third-order valence-corrected chi connectivity index (χ3v) is 5.27. The van der Waals surface area contributed by atoms with Gasteiger partial charge in [0.05, 0.1) is 19.3 Å². The number of aromatic nitrogens is 3. The van der Waals surface area contributed by atoms with Crippen LogP contribution in [0.3, 0.4) is 0 Å². The van der Waals surface area contributed by atoms with Crippen LogP contribution in [0.5, 0.6) is 0 Å². The van der Waals surface area contributed by atoms with Crippen molar-refractivity contribution < 1.29 is 9.47 Å². The Labute approximate surface area is 154 Å². The third-order valence-electron chi connectivity index (χ3n) is 5.27.